The van der Waals surface area contributed by atoms with Crippen LogP contribution in [0.1, 0.15) is 17.5 Å². The van der Waals surface area contributed by atoms with E-state index in [2.05, 4.69) is 24.1 Å². The fourth-order valence-corrected chi connectivity index (χ4v) is 5.39. The number of piperidine rings is 1. The Balaban J connectivity index is 0.000000323. The van der Waals surface area contributed by atoms with Gasteiger partial charge in [-0.15, -0.1) is 0 Å². The van der Waals surface area contributed by atoms with Gasteiger partial charge in [0.2, 0.25) is 0 Å². The molecule has 2 heterocycles. The summed E-state index contributed by atoms with van der Waals surface area (Å²) >= 11 is 0. The van der Waals surface area contributed by atoms with Crippen molar-refractivity contribution in [3.8, 4) is 11.5 Å². The van der Waals surface area contributed by atoms with Crippen LogP contribution in [0.5, 0.6) is 11.5 Å². The molecule has 0 aromatic heterocycles. The van der Waals surface area contributed by atoms with E-state index in [4.69, 9.17) is 28.7 Å². The van der Waals surface area contributed by atoms with Gasteiger partial charge in [-0.3, -0.25) is 4.57 Å². The van der Waals surface area contributed by atoms with Crippen molar-refractivity contribution in [1.82, 2.24) is 4.90 Å². The Hall–Kier alpha value is -1.41. The van der Waals surface area contributed by atoms with Gasteiger partial charge in [-0.2, -0.15) is 0 Å². The summed E-state index contributed by atoms with van der Waals surface area (Å²) in [6.07, 6.45) is 5.54. The molecule has 0 radical (unpaired) electrons. The smallest absolute Gasteiger partial charge is 0.262 e. The largest absolute Gasteiger partial charge is 0.756 e. The molecule has 0 amide bonds. The number of likely N-dealkylation sites (tertiary alicyclic amines) is 1. The number of ether oxygens (including phenoxy) is 2. The monoisotopic (exact) mass is 396 g/mol. The molecule has 0 saturated carbocycles. The summed E-state index contributed by atoms with van der Waals surface area (Å²) in [4.78, 5) is 25.4. The highest BCUT2D eigenvalue weighted by Gasteiger charge is 2.64. The molecule has 5 rings (SSSR count). The molecule has 1 aromatic carbocycles. The quantitative estimate of drug-likeness (QED) is 0.446. The Morgan fingerprint density at radius 2 is 2.07 bits per heavy atom. The zero-order chi connectivity index (χ0) is 19.6. The van der Waals surface area contributed by atoms with Gasteiger partial charge in [-0.1, -0.05) is 18.2 Å². The number of hydrogen-bond acceptors (Lipinski definition) is 6. The zero-order valence-electron chi connectivity index (χ0n) is 15.1. The third-order valence-corrected chi connectivity index (χ3v) is 6.35. The molecule has 1 spiro atoms. The first-order valence-electron chi connectivity index (χ1n) is 8.87. The second-order valence-electron chi connectivity index (χ2n) is 7.60. The summed E-state index contributed by atoms with van der Waals surface area (Å²) in [6, 6.07) is 4.70. The molecule has 148 valence electrons. The van der Waals surface area contributed by atoms with Crippen LogP contribution in [0.2, 0.25) is 0 Å². The van der Waals surface area contributed by atoms with Gasteiger partial charge in [0.1, 0.15) is 12.2 Å². The molecule has 27 heavy (non-hydrogen) atoms. The van der Waals surface area contributed by atoms with E-state index >= 15 is 0 Å². The first-order chi connectivity index (χ1) is 12.7. The lowest BCUT2D eigenvalue weighted by atomic mass is 9.53. The van der Waals surface area contributed by atoms with Crippen molar-refractivity contribution in [2.75, 3.05) is 20.7 Å². The highest BCUT2D eigenvalue weighted by molar-refractivity contribution is 7.43. The van der Waals surface area contributed by atoms with E-state index in [1.165, 1.54) is 11.1 Å². The van der Waals surface area contributed by atoms with E-state index in [1.54, 1.807) is 7.11 Å². The maximum absolute atomic E-state index is 10.6. The zero-order valence-corrected chi connectivity index (χ0v) is 16.0. The van der Waals surface area contributed by atoms with Crippen LogP contribution in [0.4, 0.5) is 0 Å². The molecule has 4 aliphatic rings. The van der Waals surface area contributed by atoms with Gasteiger partial charge in [-0.25, -0.2) is 0 Å². The number of phosphoric acid groups is 1. The summed E-state index contributed by atoms with van der Waals surface area (Å²) in [5.41, 5.74) is 2.60. The minimum Gasteiger partial charge on any atom is -0.756 e. The Kier molecular flexibility index (Phi) is 4.42. The van der Waals surface area contributed by atoms with E-state index in [0.29, 0.717) is 12.0 Å². The normalized spacial score (nSPS) is 35.6. The average Bonchev–Trinajstić information content (AvgIpc) is 2.93. The minimum absolute atomic E-state index is 0.0806. The number of aliphatic hydroxyl groups is 1. The predicted molar refractivity (Wildman–Crippen MR) is 94.5 cm³/mol. The van der Waals surface area contributed by atoms with Crippen molar-refractivity contribution in [2.24, 2.45) is 5.92 Å². The van der Waals surface area contributed by atoms with Gasteiger partial charge in [0.15, 0.2) is 11.5 Å². The third kappa shape index (κ3) is 2.83. The fraction of sp³-hybridized carbons (Fsp3) is 0.556. The molecule has 2 aliphatic carbocycles. The first-order valence-corrected chi connectivity index (χ1v) is 10.4. The van der Waals surface area contributed by atoms with Gasteiger partial charge in [0.05, 0.1) is 7.11 Å². The van der Waals surface area contributed by atoms with E-state index < -0.39 is 13.9 Å². The van der Waals surface area contributed by atoms with Crippen molar-refractivity contribution >= 4 is 7.82 Å². The second-order valence-corrected chi connectivity index (χ2v) is 8.58. The van der Waals surface area contributed by atoms with Gasteiger partial charge >= 0.3 is 0 Å². The van der Waals surface area contributed by atoms with Crippen LogP contribution in [0.25, 0.3) is 0 Å². The van der Waals surface area contributed by atoms with Crippen molar-refractivity contribution < 1.29 is 33.8 Å². The number of nitrogens with zero attached hydrogens (tertiary/aromatic N) is 1. The van der Waals surface area contributed by atoms with Crippen LogP contribution in [0.3, 0.4) is 0 Å². The van der Waals surface area contributed by atoms with Crippen LogP contribution in [0.15, 0.2) is 24.3 Å². The molecular formula is C18H23NO7P-. The maximum atomic E-state index is 10.6. The summed E-state index contributed by atoms with van der Waals surface area (Å²) in [5, 5.41) is 10.6. The van der Waals surface area contributed by atoms with Crippen molar-refractivity contribution in [3.63, 3.8) is 0 Å². The van der Waals surface area contributed by atoms with Crippen LogP contribution < -0.4 is 14.4 Å². The Morgan fingerprint density at radius 3 is 2.74 bits per heavy atom. The Bertz CT molecular complexity index is 829. The standard InChI is InChI=1S/C18H21NO3.H3O4P/c1-19-8-7-18-11-4-5-13(20)17(18)22-16-14(21-2)6-3-10(15(16)18)9-12(11)19;1-5(2,3)4/h3-6,11-13,17,20H,7-9H2,1-2H3;(H3,1,2,3,4)/p-1/t11-,12+,13-,17-,18-;/m0./s1. The Morgan fingerprint density at radius 1 is 1.37 bits per heavy atom. The van der Waals surface area contributed by atoms with E-state index in [9.17, 15) is 5.11 Å². The number of methoxy groups -OCH3 is 1. The highest BCUT2D eigenvalue weighted by Crippen LogP contribution is 2.62. The molecule has 9 heteroatoms. The van der Waals surface area contributed by atoms with E-state index in [-0.39, 0.29) is 11.5 Å². The molecule has 2 aliphatic heterocycles. The van der Waals surface area contributed by atoms with Crippen molar-refractivity contribution in [2.45, 2.75) is 36.5 Å². The van der Waals surface area contributed by atoms with Crippen LogP contribution in [0, 0.1) is 5.92 Å². The lowest BCUT2D eigenvalue weighted by Crippen LogP contribution is -2.64. The molecule has 1 saturated heterocycles. The number of benzene rings is 1. The van der Waals surface area contributed by atoms with Gasteiger partial charge in [0.25, 0.3) is 7.82 Å². The number of likely N-dealkylation sites (N-methyl/N-ethyl adjacent to an activating group) is 1. The highest BCUT2D eigenvalue weighted by atomic mass is 31.2. The van der Waals surface area contributed by atoms with E-state index in [0.717, 1.165) is 30.9 Å². The summed E-state index contributed by atoms with van der Waals surface area (Å²) in [7, 11) is -0.982. The molecule has 2 bridgehead atoms. The SMILES string of the molecule is COc1ccc2c3c1O[C@H]1[C@@H](O)C=C[C@H]4[C@@H](C2)N(C)CC[C@@]341.O=P([O-])(O)O. The number of rotatable bonds is 1. The van der Waals surface area contributed by atoms with Gasteiger partial charge in [0, 0.05) is 22.9 Å². The number of hydrogen-bond donors (Lipinski definition) is 3. The second kappa shape index (κ2) is 6.30. The van der Waals surface area contributed by atoms with Crippen molar-refractivity contribution in [3.05, 3.63) is 35.4 Å². The first kappa shape index (κ1) is 18.9. The molecule has 1 fully saturated rings. The molecule has 1 aromatic rings. The average molecular weight is 396 g/mol. The van der Waals surface area contributed by atoms with Crippen LogP contribution >= 0.6 is 7.82 Å². The van der Waals surface area contributed by atoms with Crippen LogP contribution in [-0.2, 0) is 16.4 Å². The van der Waals surface area contributed by atoms with Gasteiger partial charge in [-0.05, 0) is 38.1 Å². The molecule has 3 N–H and O–H groups in total. The molecule has 5 atom stereocenters. The molecule has 8 nitrogen and oxygen atoms in total. The predicted octanol–water partition coefficient (Wildman–Crippen LogP) is -0.0595. The lowest BCUT2D eigenvalue weighted by Gasteiger charge is -2.56. The van der Waals surface area contributed by atoms with Crippen LogP contribution in [-0.4, -0.2) is 58.7 Å². The fourth-order valence-electron chi connectivity index (χ4n) is 5.39. The summed E-state index contributed by atoms with van der Waals surface area (Å²) < 4.78 is 20.6. The Labute approximate surface area is 157 Å². The topological polar surface area (TPSA) is 123 Å². The summed E-state index contributed by atoms with van der Waals surface area (Å²) in [5.74, 6) is 2.09. The lowest BCUT2D eigenvalue weighted by molar-refractivity contribution is -0.214. The van der Waals surface area contributed by atoms with Gasteiger partial charge < -0.3 is 34.2 Å². The van der Waals surface area contributed by atoms with Crippen molar-refractivity contribution in [1.29, 1.82) is 0 Å². The third-order valence-electron chi connectivity index (χ3n) is 6.35. The maximum Gasteiger partial charge on any atom is 0.262 e. The molecular weight excluding hydrogens is 373 g/mol. The summed E-state index contributed by atoms with van der Waals surface area (Å²) in [6.45, 7) is 1.05. The number of aliphatic hydroxyl groups excluding tert-OH is 1. The molecule has 0 unspecified atom stereocenters. The van der Waals surface area contributed by atoms with E-state index in [1.807, 2.05) is 12.1 Å². The minimum atomic E-state index is -4.89.